The second-order valence-electron chi connectivity index (χ2n) is 7.32. The molecule has 0 aliphatic rings. The number of aromatic nitrogens is 1. The number of carbonyl (C=O) groups is 1. The Kier molecular flexibility index (Phi) is 5.44. The third-order valence-electron chi connectivity index (χ3n) is 5.08. The minimum Gasteiger partial charge on any atom is -0.300 e. The zero-order valence-electron chi connectivity index (χ0n) is 16.5. The summed E-state index contributed by atoms with van der Waals surface area (Å²) in [7, 11) is -3.88. The Morgan fingerprint density at radius 3 is 2.32 bits per heavy atom. The number of hydrogen-bond acceptors (Lipinski definition) is 3. The van der Waals surface area contributed by atoms with Crippen LogP contribution in [-0.2, 0) is 21.2 Å². The number of nitrogens with zero attached hydrogens (tertiary/aromatic N) is 1. The maximum atomic E-state index is 14.3. The molecule has 0 aliphatic heterocycles. The molecular formula is C22H24FNO3S. The quantitative estimate of drug-likeness (QED) is 0.593. The Balaban J connectivity index is 2.24. The molecular weight excluding hydrogens is 377 g/mol. The van der Waals surface area contributed by atoms with Crippen molar-refractivity contribution in [1.82, 2.24) is 3.97 Å². The molecule has 0 fully saturated rings. The summed E-state index contributed by atoms with van der Waals surface area (Å²) in [5.41, 5.74) is 3.16. The van der Waals surface area contributed by atoms with Crippen LogP contribution in [0.2, 0.25) is 0 Å². The van der Waals surface area contributed by atoms with Crippen molar-refractivity contribution in [2.24, 2.45) is 0 Å². The molecule has 148 valence electrons. The summed E-state index contributed by atoms with van der Waals surface area (Å²) in [5, 5.41) is 0.718. The third kappa shape index (κ3) is 3.61. The first-order valence-corrected chi connectivity index (χ1v) is 10.7. The Bertz CT molecular complexity index is 1160. The Morgan fingerprint density at radius 2 is 1.71 bits per heavy atom. The number of hydrogen-bond donors (Lipinski definition) is 0. The van der Waals surface area contributed by atoms with Gasteiger partial charge in [0.1, 0.15) is 11.6 Å². The zero-order chi connectivity index (χ0) is 20.6. The van der Waals surface area contributed by atoms with Crippen molar-refractivity contribution in [1.29, 1.82) is 0 Å². The lowest BCUT2D eigenvalue weighted by molar-refractivity contribution is -0.117. The normalized spacial score (nSPS) is 11.9. The predicted molar refractivity (Wildman–Crippen MR) is 109 cm³/mol. The van der Waals surface area contributed by atoms with Crippen LogP contribution < -0.4 is 0 Å². The number of benzene rings is 2. The molecule has 0 saturated carbocycles. The van der Waals surface area contributed by atoms with Crippen molar-refractivity contribution < 1.29 is 17.6 Å². The summed E-state index contributed by atoms with van der Waals surface area (Å²) < 4.78 is 42.3. The fourth-order valence-corrected chi connectivity index (χ4v) is 5.11. The number of fused-ring (bicyclic) bond motifs is 1. The fraction of sp³-hybridized carbons (Fsp3) is 0.318. The molecule has 0 unspecified atom stereocenters. The third-order valence-corrected chi connectivity index (χ3v) is 6.90. The van der Waals surface area contributed by atoms with Crippen LogP contribution in [-0.4, -0.2) is 18.2 Å². The molecule has 0 saturated heterocycles. The SMILES string of the molecule is CC(=O)CCCc1c(C)n(S(=O)(=O)c2ccc(C)cc2)c2cc(F)c(C)cc12. The van der Waals surface area contributed by atoms with Crippen LogP contribution in [0.4, 0.5) is 4.39 Å². The van der Waals surface area contributed by atoms with E-state index in [4.69, 9.17) is 0 Å². The summed E-state index contributed by atoms with van der Waals surface area (Å²) in [4.78, 5) is 11.5. The van der Waals surface area contributed by atoms with Gasteiger partial charge in [-0.05, 0) is 75.9 Å². The summed E-state index contributed by atoms with van der Waals surface area (Å²) in [5.74, 6) is -0.350. The first-order valence-electron chi connectivity index (χ1n) is 9.24. The number of carbonyl (C=O) groups excluding carboxylic acids is 1. The number of rotatable bonds is 6. The minimum atomic E-state index is -3.88. The van der Waals surface area contributed by atoms with Gasteiger partial charge in [-0.15, -0.1) is 0 Å². The maximum absolute atomic E-state index is 14.3. The Labute approximate surface area is 165 Å². The summed E-state index contributed by atoms with van der Waals surface area (Å²) in [6.45, 7) is 6.83. The number of aryl methyl sites for hydroxylation is 3. The van der Waals surface area contributed by atoms with Crippen LogP contribution in [0.5, 0.6) is 0 Å². The van der Waals surface area contributed by atoms with Gasteiger partial charge in [0.2, 0.25) is 0 Å². The van der Waals surface area contributed by atoms with Crippen molar-refractivity contribution in [2.75, 3.05) is 0 Å². The molecule has 0 aliphatic carbocycles. The number of Topliss-reactive ketones (excluding diaryl/α,β-unsaturated/α-hetero) is 1. The first-order chi connectivity index (χ1) is 13.1. The molecule has 0 atom stereocenters. The molecule has 4 nitrogen and oxygen atoms in total. The lowest BCUT2D eigenvalue weighted by atomic mass is 10.0. The van der Waals surface area contributed by atoms with Crippen molar-refractivity contribution in [3.8, 4) is 0 Å². The van der Waals surface area contributed by atoms with E-state index in [-0.39, 0.29) is 10.7 Å². The van der Waals surface area contributed by atoms with E-state index in [0.717, 1.165) is 16.5 Å². The minimum absolute atomic E-state index is 0.0934. The number of ketones is 1. The van der Waals surface area contributed by atoms with Crippen LogP contribution in [0.3, 0.4) is 0 Å². The van der Waals surface area contributed by atoms with E-state index in [1.165, 1.54) is 17.0 Å². The molecule has 3 aromatic rings. The zero-order valence-corrected chi connectivity index (χ0v) is 17.4. The molecule has 3 rings (SSSR count). The Morgan fingerprint density at radius 1 is 1.07 bits per heavy atom. The standard InChI is InChI=1S/C22H24FNO3S/c1-14-8-10-18(11-9-14)28(26,27)24-17(4)19(7-5-6-16(3)25)20-12-15(2)21(23)13-22(20)24/h8-13H,5-7H2,1-4H3. The molecule has 28 heavy (non-hydrogen) atoms. The molecule has 6 heteroatoms. The molecule has 0 N–H and O–H groups in total. The summed E-state index contributed by atoms with van der Waals surface area (Å²) >= 11 is 0. The average molecular weight is 402 g/mol. The van der Waals surface area contributed by atoms with Gasteiger partial charge in [-0.1, -0.05) is 17.7 Å². The second kappa shape index (κ2) is 7.51. The van der Waals surface area contributed by atoms with Gasteiger partial charge in [0.25, 0.3) is 10.0 Å². The molecule has 2 aromatic carbocycles. The van der Waals surface area contributed by atoms with E-state index >= 15 is 0 Å². The van der Waals surface area contributed by atoms with Crippen LogP contribution in [0.25, 0.3) is 10.9 Å². The van der Waals surface area contributed by atoms with E-state index in [9.17, 15) is 17.6 Å². The lowest BCUT2D eigenvalue weighted by Crippen LogP contribution is -2.15. The molecule has 1 aromatic heterocycles. The smallest absolute Gasteiger partial charge is 0.268 e. The van der Waals surface area contributed by atoms with E-state index in [0.29, 0.717) is 36.0 Å². The molecule has 0 spiro atoms. The van der Waals surface area contributed by atoms with E-state index in [1.807, 2.05) is 6.92 Å². The van der Waals surface area contributed by atoms with Gasteiger partial charge in [-0.25, -0.2) is 16.8 Å². The average Bonchev–Trinajstić information content (AvgIpc) is 2.87. The van der Waals surface area contributed by atoms with Crippen molar-refractivity contribution in [3.63, 3.8) is 0 Å². The van der Waals surface area contributed by atoms with Crippen molar-refractivity contribution in [3.05, 3.63) is 64.6 Å². The second-order valence-corrected chi connectivity index (χ2v) is 9.11. The summed E-state index contributed by atoms with van der Waals surface area (Å²) in [6.07, 6.45) is 1.61. The van der Waals surface area contributed by atoms with Crippen molar-refractivity contribution in [2.45, 2.75) is 51.9 Å². The highest BCUT2D eigenvalue weighted by atomic mass is 32.2. The monoisotopic (exact) mass is 401 g/mol. The largest absolute Gasteiger partial charge is 0.300 e. The van der Waals surface area contributed by atoms with Crippen LogP contribution in [0.15, 0.2) is 41.3 Å². The highest BCUT2D eigenvalue weighted by Crippen LogP contribution is 2.32. The topological polar surface area (TPSA) is 56.1 Å². The van der Waals surface area contributed by atoms with E-state index < -0.39 is 15.8 Å². The van der Waals surface area contributed by atoms with Crippen LogP contribution >= 0.6 is 0 Å². The maximum Gasteiger partial charge on any atom is 0.268 e. The lowest BCUT2D eigenvalue weighted by Gasteiger charge is -2.11. The fourth-order valence-electron chi connectivity index (χ4n) is 3.53. The van der Waals surface area contributed by atoms with E-state index in [2.05, 4.69) is 0 Å². The Hall–Kier alpha value is -2.47. The van der Waals surface area contributed by atoms with Gasteiger partial charge in [0.05, 0.1) is 10.4 Å². The molecule has 0 amide bonds. The predicted octanol–water partition coefficient (Wildman–Crippen LogP) is 4.85. The molecule has 0 bridgehead atoms. The van der Waals surface area contributed by atoms with Crippen LogP contribution in [0, 0.1) is 26.6 Å². The van der Waals surface area contributed by atoms with Crippen molar-refractivity contribution >= 4 is 26.7 Å². The van der Waals surface area contributed by atoms with Gasteiger partial charge in [-0.2, -0.15) is 0 Å². The molecule has 1 heterocycles. The first kappa shape index (κ1) is 20.3. The van der Waals surface area contributed by atoms with Gasteiger partial charge in [0.15, 0.2) is 0 Å². The summed E-state index contributed by atoms with van der Waals surface area (Å²) in [6, 6.07) is 9.60. The highest BCUT2D eigenvalue weighted by Gasteiger charge is 2.25. The van der Waals surface area contributed by atoms with Gasteiger partial charge < -0.3 is 4.79 Å². The van der Waals surface area contributed by atoms with Crippen LogP contribution in [0.1, 0.15) is 42.1 Å². The van der Waals surface area contributed by atoms with Gasteiger partial charge in [-0.3, -0.25) is 0 Å². The molecule has 0 radical (unpaired) electrons. The van der Waals surface area contributed by atoms with Gasteiger partial charge in [0, 0.05) is 17.5 Å². The van der Waals surface area contributed by atoms with E-state index in [1.54, 1.807) is 44.2 Å². The highest BCUT2D eigenvalue weighted by molar-refractivity contribution is 7.90. The number of halogens is 1. The van der Waals surface area contributed by atoms with Gasteiger partial charge >= 0.3 is 0 Å².